The molecule has 0 saturated heterocycles. The third kappa shape index (κ3) is 5.58. The zero-order valence-electron chi connectivity index (χ0n) is 15.1. The monoisotopic (exact) mass is 354 g/mol. The summed E-state index contributed by atoms with van der Waals surface area (Å²) < 4.78 is 12.9. The van der Waals surface area contributed by atoms with E-state index >= 15 is 0 Å². The van der Waals surface area contributed by atoms with Crippen molar-refractivity contribution < 1.29 is 9.18 Å². The summed E-state index contributed by atoms with van der Waals surface area (Å²) in [5.74, 6) is 0.710. The largest absolute Gasteiger partial charge is 0.385 e. The normalized spacial score (nSPS) is 19.7. The summed E-state index contributed by atoms with van der Waals surface area (Å²) in [4.78, 5) is 12.3. The topological polar surface area (TPSA) is 41.1 Å². The molecule has 0 heterocycles. The van der Waals surface area contributed by atoms with Crippen LogP contribution in [0.5, 0.6) is 0 Å². The number of nitrogens with one attached hydrogen (secondary N) is 2. The molecule has 1 aliphatic rings. The van der Waals surface area contributed by atoms with Crippen LogP contribution in [0.3, 0.4) is 0 Å². The Bertz CT molecular complexity index is 679. The smallest absolute Gasteiger partial charge is 0.223 e. The highest BCUT2D eigenvalue weighted by Crippen LogP contribution is 2.29. The van der Waals surface area contributed by atoms with Gasteiger partial charge in [0, 0.05) is 24.7 Å². The fourth-order valence-corrected chi connectivity index (χ4v) is 3.58. The van der Waals surface area contributed by atoms with Gasteiger partial charge in [0.15, 0.2) is 0 Å². The first-order chi connectivity index (χ1) is 12.7. The predicted octanol–water partition coefficient (Wildman–Crippen LogP) is 4.40. The average Bonchev–Trinajstić information content (AvgIpc) is 2.69. The Morgan fingerprint density at radius 3 is 2.35 bits per heavy atom. The maximum absolute atomic E-state index is 12.9. The lowest BCUT2D eigenvalue weighted by Gasteiger charge is -2.28. The van der Waals surface area contributed by atoms with E-state index < -0.39 is 0 Å². The van der Waals surface area contributed by atoms with Crippen LogP contribution in [-0.4, -0.2) is 19.0 Å². The van der Waals surface area contributed by atoms with E-state index in [1.54, 1.807) is 12.1 Å². The molecule has 3 rings (SSSR count). The first kappa shape index (κ1) is 18.4. The number of rotatable bonds is 7. The lowest BCUT2D eigenvalue weighted by atomic mass is 9.81. The molecule has 1 amide bonds. The summed E-state index contributed by atoms with van der Waals surface area (Å²) in [5, 5.41) is 6.46. The van der Waals surface area contributed by atoms with Gasteiger partial charge in [-0.1, -0.05) is 30.3 Å². The molecule has 0 aliphatic heterocycles. The number of hydrogen-bond donors (Lipinski definition) is 2. The van der Waals surface area contributed by atoms with Gasteiger partial charge in [0.2, 0.25) is 5.91 Å². The molecule has 0 atom stereocenters. The van der Waals surface area contributed by atoms with E-state index in [1.807, 2.05) is 18.2 Å². The molecule has 0 unspecified atom stereocenters. The number of anilines is 1. The second-order valence-electron chi connectivity index (χ2n) is 7.13. The summed E-state index contributed by atoms with van der Waals surface area (Å²) in [6.07, 6.45) is 4.90. The lowest BCUT2D eigenvalue weighted by Crippen LogP contribution is -2.35. The Hall–Kier alpha value is -2.36. The van der Waals surface area contributed by atoms with Crippen molar-refractivity contribution in [3.8, 4) is 0 Å². The van der Waals surface area contributed by atoms with Crippen molar-refractivity contribution in [1.82, 2.24) is 5.32 Å². The fraction of sp³-hybridized carbons (Fsp3) is 0.409. The second-order valence-corrected chi connectivity index (χ2v) is 7.13. The van der Waals surface area contributed by atoms with Crippen LogP contribution < -0.4 is 10.6 Å². The number of amides is 1. The van der Waals surface area contributed by atoms with E-state index in [0.29, 0.717) is 12.5 Å². The molecule has 3 nitrogen and oxygen atoms in total. The van der Waals surface area contributed by atoms with Crippen molar-refractivity contribution in [1.29, 1.82) is 0 Å². The summed E-state index contributed by atoms with van der Waals surface area (Å²) >= 11 is 0. The van der Waals surface area contributed by atoms with Crippen molar-refractivity contribution in [3.63, 3.8) is 0 Å². The lowest BCUT2D eigenvalue weighted by molar-refractivity contribution is -0.126. The third-order valence-corrected chi connectivity index (χ3v) is 5.21. The van der Waals surface area contributed by atoms with Gasteiger partial charge in [-0.25, -0.2) is 4.39 Å². The molecule has 1 aliphatic carbocycles. The van der Waals surface area contributed by atoms with Gasteiger partial charge in [0.1, 0.15) is 5.82 Å². The van der Waals surface area contributed by atoms with Crippen molar-refractivity contribution in [3.05, 3.63) is 66.0 Å². The summed E-state index contributed by atoms with van der Waals surface area (Å²) in [6, 6.07) is 16.7. The first-order valence-electron chi connectivity index (χ1n) is 9.52. The average molecular weight is 354 g/mol. The highest BCUT2D eigenvalue weighted by Gasteiger charge is 2.25. The van der Waals surface area contributed by atoms with E-state index in [0.717, 1.165) is 44.3 Å². The van der Waals surface area contributed by atoms with Crippen molar-refractivity contribution >= 4 is 11.6 Å². The molecular weight excluding hydrogens is 327 g/mol. The van der Waals surface area contributed by atoms with E-state index in [4.69, 9.17) is 0 Å². The second kappa shape index (κ2) is 9.37. The van der Waals surface area contributed by atoms with Crippen LogP contribution >= 0.6 is 0 Å². The molecule has 0 spiro atoms. The SMILES string of the molecule is O=C(NCCc1ccccc1)C1CCC(CNc2ccc(F)cc2)CC1. The molecule has 1 saturated carbocycles. The predicted molar refractivity (Wildman–Crippen MR) is 103 cm³/mol. The van der Waals surface area contributed by atoms with E-state index in [-0.39, 0.29) is 17.6 Å². The molecular formula is C22H27FN2O. The zero-order chi connectivity index (χ0) is 18.2. The molecule has 138 valence electrons. The van der Waals surface area contributed by atoms with Gasteiger partial charge in [0.25, 0.3) is 0 Å². The van der Waals surface area contributed by atoms with Crippen LogP contribution in [0.15, 0.2) is 54.6 Å². The Labute approximate surface area is 155 Å². The summed E-state index contributed by atoms with van der Waals surface area (Å²) in [6.45, 7) is 1.59. The Balaban J connectivity index is 1.33. The van der Waals surface area contributed by atoms with Crippen LogP contribution in [0.1, 0.15) is 31.2 Å². The molecule has 0 radical (unpaired) electrons. The quantitative estimate of drug-likeness (QED) is 0.774. The highest BCUT2D eigenvalue weighted by atomic mass is 19.1. The van der Waals surface area contributed by atoms with Crippen LogP contribution in [-0.2, 0) is 11.2 Å². The van der Waals surface area contributed by atoms with Gasteiger partial charge in [-0.05, 0) is 67.9 Å². The molecule has 0 aromatic heterocycles. The Kier molecular flexibility index (Phi) is 6.64. The first-order valence-corrected chi connectivity index (χ1v) is 9.52. The van der Waals surface area contributed by atoms with Crippen molar-refractivity contribution in [2.45, 2.75) is 32.1 Å². The van der Waals surface area contributed by atoms with E-state index in [2.05, 4.69) is 22.8 Å². The van der Waals surface area contributed by atoms with Crippen molar-refractivity contribution in [2.24, 2.45) is 11.8 Å². The Morgan fingerprint density at radius 2 is 1.65 bits per heavy atom. The third-order valence-electron chi connectivity index (χ3n) is 5.21. The number of benzene rings is 2. The van der Waals surface area contributed by atoms with E-state index in [1.165, 1.54) is 17.7 Å². The minimum Gasteiger partial charge on any atom is -0.385 e. The maximum Gasteiger partial charge on any atom is 0.223 e. The van der Waals surface area contributed by atoms with Crippen LogP contribution in [0.4, 0.5) is 10.1 Å². The minimum absolute atomic E-state index is 0.146. The molecule has 4 heteroatoms. The number of halogens is 1. The maximum atomic E-state index is 12.9. The van der Waals surface area contributed by atoms with Gasteiger partial charge in [-0.15, -0.1) is 0 Å². The molecule has 2 aromatic rings. The number of carbonyl (C=O) groups is 1. The van der Waals surface area contributed by atoms with Gasteiger partial charge >= 0.3 is 0 Å². The summed E-state index contributed by atoms with van der Waals surface area (Å²) in [5.41, 5.74) is 2.20. The molecule has 0 bridgehead atoms. The fourth-order valence-electron chi connectivity index (χ4n) is 3.58. The summed E-state index contributed by atoms with van der Waals surface area (Å²) in [7, 11) is 0. The standard InChI is InChI=1S/C22H27FN2O/c23-20-10-12-21(13-11-20)25-16-18-6-8-19(9-7-18)22(26)24-15-14-17-4-2-1-3-5-17/h1-5,10-13,18-19,25H,6-9,14-16H2,(H,24,26). The van der Waals surface area contributed by atoms with Crippen LogP contribution in [0.2, 0.25) is 0 Å². The van der Waals surface area contributed by atoms with Crippen LogP contribution in [0.25, 0.3) is 0 Å². The zero-order valence-corrected chi connectivity index (χ0v) is 15.1. The van der Waals surface area contributed by atoms with Gasteiger partial charge in [0.05, 0.1) is 0 Å². The number of hydrogen-bond acceptors (Lipinski definition) is 2. The van der Waals surface area contributed by atoms with Gasteiger partial charge in [-0.2, -0.15) is 0 Å². The van der Waals surface area contributed by atoms with Crippen LogP contribution in [0, 0.1) is 17.7 Å². The van der Waals surface area contributed by atoms with Crippen molar-refractivity contribution in [2.75, 3.05) is 18.4 Å². The number of carbonyl (C=O) groups excluding carboxylic acids is 1. The highest BCUT2D eigenvalue weighted by molar-refractivity contribution is 5.78. The van der Waals surface area contributed by atoms with Gasteiger partial charge in [-0.3, -0.25) is 4.79 Å². The molecule has 2 aromatic carbocycles. The molecule has 1 fully saturated rings. The van der Waals surface area contributed by atoms with Gasteiger partial charge < -0.3 is 10.6 Å². The Morgan fingerprint density at radius 1 is 0.962 bits per heavy atom. The minimum atomic E-state index is -0.214. The molecule has 2 N–H and O–H groups in total. The molecule has 26 heavy (non-hydrogen) atoms. The van der Waals surface area contributed by atoms with E-state index in [9.17, 15) is 9.18 Å².